The van der Waals surface area contributed by atoms with Gasteiger partial charge in [0.15, 0.2) is 5.82 Å². The van der Waals surface area contributed by atoms with Gasteiger partial charge < -0.3 is 15.6 Å². The van der Waals surface area contributed by atoms with Gasteiger partial charge in [-0.25, -0.2) is 0 Å². The highest BCUT2D eigenvalue weighted by molar-refractivity contribution is 5.77. The fourth-order valence-electron chi connectivity index (χ4n) is 3.21. The predicted octanol–water partition coefficient (Wildman–Crippen LogP) is 2.35. The van der Waals surface area contributed by atoms with E-state index in [9.17, 15) is 4.79 Å². The summed E-state index contributed by atoms with van der Waals surface area (Å²) in [5, 5.41) is 7.15. The molecule has 0 bridgehead atoms. The molecule has 1 aromatic carbocycles. The summed E-state index contributed by atoms with van der Waals surface area (Å²) in [5.41, 5.74) is 6.59. The molecule has 1 aliphatic rings. The average molecular weight is 314 g/mol. The molecule has 23 heavy (non-hydrogen) atoms. The molecule has 3 rings (SSSR count). The van der Waals surface area contributed by atoms with Gasteiger partial charge in [-0.1, -0.05) is 48.3 Å². The third-order valence-electron chi connectivity index (χ3n) is 4.42. The first-order valence-corrected chi connectivity index (χ1v) is 8.01. The summed E-state index contributed by atoms with van der Waals surface area (Å²) in [6.45, 7) is 1.76. The summed E-state index contributed by atoms with van der Waals surface area (Å²) in [4.78, 5) is 16.8. The standard InChI is InChI=1S/C17H22N4O2/c1-12-19-16(21-23-12)17(9-5-6-10-17)20-15(22)11-14(18)13-7-3-2-4-8-13/h2-4,7-8,14H,5-6,9-11,18H2,1H3,(H,20,22). The summed E-state index contributed by atoms with van der Waals surface area (Å²) in [5.74, 6) is 1.02. The van der Waals surface area contributed by atoms with Crippen LogP contribution >= 0.6 is 0 Å². The number of benzene rings is 1. The minimum atomic E-state index is -0.509. The van der Waals surface area contributed by atoms with Crippen molar-refractivity contribution in [2.24, 2.45) is 5.73 Å². The number of hydrogen-bond donors (Lipinski definition) is 2. The van der Waals surface area contributed by atoms with Crippen molar-refractivity contribution in [2.75, 3.05) is 0 Å². The van der Waals surface area contributed by atoms with E-state index in [0.717, 1.165) is 31.2 Å². The first kappa shape index (κ1) is 15.7. The van der Waals surface area contributed by atoms with Gasteiger partial charge in [0, 0.05) is 19.4 Å². The van der Waals surface area contributed by atoms with E-state index in [0.29, 0.717) is 11.7 Å². The van der Waals surface area contributed by atoms with Crippen LogP contribution in [0, 0.1) is 6.92 Å². The van der Waals surface area contributed by atoms with Gasteiger partial charge in [0.25, 0.3) is 0 Å². The minimum Gasteiger partial charge on any atom is -0.343 e. The fraction of sp³-hybridized carbons (Fsp3) is 0.471. The lowest BCUT2D eigenvalue weighted by molar-refractivity contribution is -0.123. The molecule has 1 saturated carbocycles. The number of carbonyl (C=O) groups excluding carboxylic acids is 1. The highest BCUT2D eigenvalue weighted by atomic mass is 16.5. The summed E-state index contributed by atoms with van der Waals surface area (Å²) in [7, 11) is 0. The molecule has 0 aliphatic heterocycles. The van der Waals surface area contributed by atoms with Crippen molar-refractivity contribution < 1.29 is 9.32 Å². The number of nitrogens with one attached hydrogen (secondary N) is 1. The van der Waals surface area contributed by atoms with Crippen molar-refractivity contribution in [3.63, 3.8) is 0 Å². The zero-order valence-electron chi connectivity index (χ0n) is 13.3. The summed E-state index contributed by atoms with van der Waals surface area (Å²) < 4.78 is 5.10. The molecule has 3 N–H and O–H groups in total. The molecule has 0 radical (unpaired) electrons. The van der Waals surface area contributed by atoms with Crippen LogP contribution in [0.5, 0.6) is 0 Å². The molecule has 6 heteroatoms. The van der Waals surface area contributed by atoms with Crippen molar-refractivity contribution >= 4 is 5.91 Å². The molecule has 1 unspecified atom stereocenters. The van der Waals surface area contributed by atoms with E-state index in [4.69, 9.17) is 10.3 Å². The molecule has 0 saturated heterocycles. The van der Waals surface area contributed by atoms with Gasteiger partial charge in [-0.15, -0.1) is 0 Å². The van der Waals surface area contributed by atoms with Gasteiger partial charge in [0.2, 0.25) is 11.8 Å². The lowest BCUT2D eigenvalue weighted by atomic mass is 9.95. The maximum Gasteiger partial charge on any atom is 0.223 e. The molecular weight excluding hydrogens is 292 g/mol. The van der Waals surface area contributed by atoms with Gasteiger partial charge in [-0.05, 0) is 18.4 Å². The SMILES string of the molecule is Cc1nc(C2(NC(=O)CC(N)c3ccccc3)CCCC2)no1. The van der Waals surface area contributed by atoms with Gasteiger partial charge in [-0.3, -0.25) is 4.79 Å². The van der Waals surface area contributed by atoms with E-state index in [2.05, 4.69) is 15.5 Å². The van der Waals surface area contributed by atoms with Crippen LogP contribution in [0.2, 0.25) is 0 Å². The van der Waals surface area contributed by atoms with Crippen molar-refractivity contribution in [1.82, 2.24) is 15.5 Å². The Morgan fingerprint density at radius 1 is 1.35 bits per heavy atom. The monoisotopic (exact) mass is 314 g/mol. The quantitative estimate of drug-likeness (QED) is 0.883. The van der Waals surface area contributed by atoms with Crippen molar-refractivity contribution in [3.05, 3.63) is 47.6 Å². The normalized spacial score (nSPS) is 17.8. The van der Waals surface area contributed by atoms with Crippen LogP contribution in [0.15, 0.2) is 34.9 Å². The van der Waals surface area contributed by atoms with E-state index < -0.39 is 5.54 Å². The first-order valence-electron chi connectivity index (χ1n) is 8.01. The van der Waals surface area contributed by atoms with Crippen LogP contribution in [0.1, 0.15) is 55.4 Å². The summed E-state index contributed by atoms with van der Waals surface area (Å²) >= 11 is 0. The maximum absolute atomic E-state index is 12.5. The molecule has 1 heterocycles. The average Bonchev–Trinajstić information content (AvgIpc) is 3.18. The molecule has 2 aromatic rings. The Morgan fingerprint density at radius 3 is 2.65 bits per heavy atom. The van der Waals surface area contributed by atoms with Crippen LogP contribution in [0.3, 0.4) is 0 Å². The number of nitrogens with two attached hydrogens (primary N) is 1. The molecule has 1 fully saturated rings. The number of amides is 1. The first-order chi connectivity index (χ1) is 11.1. The van der Waals surface area contributed by atoms with E-state index >= 15 is 0 Å². The van der Waals surface area contributed by atoms with Crippen LogP contribution in [-0.2, 0) is 10.3 Å². The largest absolute Gasteiger partial charge is 0.343 e. The highest BCUT2D eigenvalue weighted by Crippen LogP contribution is 2.37. The second-order valence-electron chi connectivity index (χ2n) is 6.20. The zero-order valence-corrected chi connectivity index (χ0v) is 13.3. The van der Waals surface area contributed by atoms with Gasteiger partial charge >= 0.3 is 0 Å². The number of carbonyl (C=O) groups is 1. The molecule has 1 aliphatic carbocycles. The summed E-state index contributed by atoms with van der Waals surface area (Å²) in [6.07, 6.45) is 3.98. The number of hydrogen-bond acceptors (Lipinski definition) is 5. The lowest BCUT2D eigenvalue weighted by Crippen LogP contribution is -2.45. The van der Waals surface area contributed by atoms with E-state index in [1.165, 1.54) is 0 Å². The fourth-order valence-corrected chi connectivity index (χ4v) is 3.21. The third-order valence-corrected chi connectivity index (χ3v) is 4.42. The number of rotatable bonds is 5. The Kier molecular flexibility index (Phi) is 4.43. The topological polar surface area (TPSA) is 94.0 Å². The lowest BCUT2D eigenvalue weighted by Gasteiger charge is -2.27. The van der Waals surface area contributed by atoms with Gasteiger partial charge in [0.05, 0.1) is 0 Å². The second kappa shape index (κ2) is 6.50. The molecule has 1 atom stereocenters. The molecule has 1 aromatic heterocycles. The van der Waals surface area contributed by atoms with Crippen LogP contribution in [0.25, 0.3) is 0 Å². The molecule has 122 valence electrons. The molecule has 1 amide bonds. The minimum absolute atomic E-state index is 0.0780. The second-order valence-corrected chi connectivity index (χ2v) is 6.20. The molecule has 6 nitrogen and oxygen atoms in total. The maximum atomic E-state index is 12.5. The van der Waals surface area contributed by atoms with E-state index in [1.807, 2.05) is 30.3 Å². The van der Waals surface area contributed by atoms with Crippen molar-refractivity contribution in [3.8, 4) is 0 Å². The van der Waals surface area contributed by atoms with Crippen LogP contribution < -0.4 is 11.1 Å². The predicted molar refractivity (Wildman–Crippen MR) is 85.3 cm³/mol. The smallest absolute Gasteiger partial charge is 0.223 e. The Morgan fingerprint density at radius 2 is 2.04 bits per heavy atom. The van der Waals surface area contributed by atoms with E-state index in [-0.39, 0.29) is 18.4 Å². The highest BCUT2D eigenvalue weighted by Gasteiger charge is 2.41. The van der Waals surface area contributed by atoms with Gasteiger partial charge in [-0.2, -0.15) is 4.98 Å². The van der Waals surface area contributed by atoms with Crippen molar-refractivity contribution in [2.45, 2.75) is 50.6 Å². The Bertz CT molecular complexity index is 662. The Hall–Kier alpha value is -2.21. The van der Waals surface area contributed by atoms with Crippen molar-refractivity contribution in [1.29, 1.82) is 0 Å². The van der Waals surface area contributed by atoms with Crippen LogP contribution in [0.4, 0.5) is 0 Å². The van der Waals surface area contributed by atoms with Crippen LogP contribution in [-0.4, -0.2) is 16.0 Å². The molecule has 0 spiro atoms. The van der Waals surface area contributed by atoms with Gasteiger partial charge in [0.1, 0.15) is 5.54 Å². The molecular formula is C17H22N4O2. The zero-order chi connectivity index (χ0) is 16.3. The number of aryl methyl sites for hydroxylation is 1. The Labute approximate surface area is 135 Å². The summed E-state index contributed by atoms with van der Waals surface area (Å²) in [6, 6.07) is 9.34. The number of aromatic nitrogens is 2. The number of nitrogens with zero attached hydrogens (tertiary/aromatic N) is 2. The Balaban J connectivity index is 1.70. The van der Waals surface area contributed by atoms with E-state index in [1.54, 1.807) is 6.92 Å². The third kappa shape index (κ3) is 3.42.